The number of aliphatic hydroxyl groups excluding tert-OH is 1. The Morgan fingerprint density at radius 1 is 0.882 bits per heavy atom. The molecule has 15 nitrogen and oxygen atoms in total. The molecule has 0 aromatic rings. The molecule has 0 radical (unpaired) electrons. The van der Waals surface area contributed by atoms with Crippen molar-refractivity contribution in [2.75, 3.05) is 13.2 Å². The number of carbonyl (C=O) groups is 5. The van der Waals surface area contributed by atoms with Gasteiger partial charge in [0.25, 0.3) is 0 Å². The summed E-state index contributed by atoms with van der Waals surface area (Å²) in [5.41, 5.74) is 21.3. The Morgan fingerprint density at radius 2 is 1.41 bits per heavy atom. The second-order valence-corrected chi connectivity index (χ2v) is 8.06. The molecule has 194 valence electrons. The number of nitrogens with two attached hydrogens (primary N) is 4. The summed E-state index contributed by atoms with van der Waals surface area (Å²) in [5.74, 6) is -5.06. The van der Waals surface area contributed by atoms with Crippen LogP contribution in [-0.4, -0.2) is 83.1 Å². The number of hydrogen-bond acceptors (Lipinski definition) is 8. The summed E-state index contributed by atoms with van der Waals surface area (Å²) >= 11 is 0. The normalized spacial score (nSPS) is 14.3. The monoisotopic (exact) mass is 488 g/mol. The molecular formula is C19H36N8O7. The van der Waals surface area contributed by atoms with E-state index in [1.54, 1.807) is 0 Å². The summed E-state index contributed by atoms with van der Waals surface area (Å²) in [6.07, 6.45) is -0.148. The van der Waals surface area contributed by atoms with Gasteiger partial charge < -0.3 is 49.1 Å². The summed E-state index contributed by atoms with van der Waals surface area (Å²) in [5, 5.41) is 25.5. The number of aliphatic hydroxyl groups is 1. The molecule has 0 aliphatic rings. The standard InChI is InChI=1S/C19H36N8O7/c1-9(2)6-10(20)15(30)27-13(8-28)17(32)26-12(7-14(21)29)16(31)25-11(18(33)34)4-3-5-24-19(22)23/h9-13,28H,3-8,20H2,1-2H3,(H2,21,29)(H,25,31)(H,26,32)(H,27,30)(H,33,34)(H4,22,23,24). The minimum Gasteiger partial charge on any atom is -0.480 e. The van der Waals surface area contributed by atoms with E-state index in [2.05, 4.69) is 20.9 Å². The molecule has 4 atom stereocenters. The van der Waals surface area contributed by atoms with E-state index in [4.69, 9.17) is 22.9 Å². The highest BCUT2D eigenvalue weighted by molar-refractivity contribution is 5.96. The Morgan fingerprint density at radius 3 is 1.88 bits per heavy atom. The molecule has 13 N–H and O–H groups in total. The zero-order valence-electron chi connectivity index (χ0n) is 19.3. The van der Waals surface area contributed by atoms with Gasteiger partial charge in [-0.15, -0.1) is 0 Å². The molecule has 0 saturated heterocycles. The second kappa shape index (κ2) is 15.4. The molecule has 0 fully saturated rings. The molecule has 0 spiro atoms. The average molecular weight is 489 g/mol. The minimum atomic E-state index is -1.56. The van der Waals surface area contributed by atoms with Crippen LogP contribution in [0.5, 0.6) is 0 Å². The van der Waals surface area contributed by atoms with Crippen LogP contribution in [0.25, 0.3) is 0 Å². The van der Waals surface area contributed by atoms with E-state index in [1.807, 2.05) is 13.8 Å². The topological polar surface area (TPSA) is 278 Å². The molecule has 0 saturated carbocycles. The van der Waals surface area contributed by atoms with Crippen molar-refractivity contribution in [3.63, 3.8) is 0 Å². The van der Waals surface area contributed by atoms with Gasteiger partial charge in [0.15, 0.2) is 5.96 Å². The van der Waals surface area contributed by atoms with Crippen LogP contribution in [0.4, 0.5) is 0 Å². The van der Waals surface area contributed by atoms with Gasteiger partial charge in [-0.3, -0.25) is 24.2 Å². The Hall–Kier alpha value is -3.46. The fraction of sp³-hybridized carbons (Fsp3) is 0.684. The molecule has 0 aromatic heterocycles. The summed E-state index contributed by atoms with van der Waals surface area (Å²) in [6, 6.07) is -5.32. The van der Waals surface area contributed by atoms with E-state index < -0.39 is 66.8 Å². The van der Waals surface area contributed by atoms with Gasteiger partial charge in [0.2, 0.25) is 23.6 Å². The van der Waals surface area contributed by atoms with E-state index in [0.717, 1.165) is 0 Å². The summed E-state index contributed by atoms with van der Waals surface area (Å²) in [4.78, 5) is 63.9. The van der Waals surface area contributed by atoms with Gasteiger partial charge in [-0.2, -0.15) is 0 Å². The highest BCUT2D eigenvalue weighted by Crippen LogP contribution is 2.04. The number of hydrogen-bond donors (Lipinski definition) is 9. The number of nitrogens with zero attached hydrogens (tertiary/aromatic N) is 1. The molecule has 0 aliphatic heterocycles. The zero-order chi connectivity index (χ0) is 26.4. The third kappa shape index (κ3) is 12.5. The van der Waals surface area contributed by atoms with E-state index in [1.165, 1.54) is 0 Å². The zero-order valence-corrected chi connectivity index (χ0v) is 19.3. The van der Waals surface area contributed by atoms with Crippen LogP contribution in [0.2, 0.25) is 0 Å². The van der Waals surface area contributed by atoms with Crippen LogP contribution < -0.4 is 38.9 Å². The second-order valence-electron chi connectivity index (χ2n) is 8.06. The SMILES string of the molecule is CC(C)CC(N)C(=O)NC(CO)C(=O)NC(CC(N)=O)C(=O)NC(CCCN=C(N)N)C(=O)O. The van der Waals surface area contributed by atoms with Gasteiger partial charge in [-0.1, -0.05) is 13.8 Å². The maximum Gasteiger partial charge on any atom is 0.326 e. The maximum atomic E-state index is 12.6. The smallest absolute Gasteiger partial charge is 0.326 e. The van der Waals surface area contributed by atoms with Gasteiger partial charge >= 0.3 is 5.97 Å². The molecule has 0 bridgehead atoms. The third-order valence-electron chi connectivity index (χ3n) is 4.48. The lowest BCUT2D eigenvalue weighted by molar-refractivity contribution is -0.142. The highest BCUT2D eigenvalue weighted by atomic mass is 16.4. The Bertz CT molecular complexity index is 755. The van der Waals surface area contributed by atoms with Crippen molar-refractivity contribution in [1.82, 2.24) is 16.0 Å². The Labute approximate surface area is 197 Å². The first-order chi connectivity index (χ1) is 15.8. The van der Waals surface area contributed by atoms with Crippen LogP contribution in [0.3, 0.4) is 0 Å². The largest absolute Gasteiger partial charge is 0.480 e. The van der Waals surface area contributed by atoms with Gasteiger partial charge in [0.1, 0.15) is 18.1 Å². The van der Waals surface area contributed by atoms with Crippen LogP contribution >= 0.6 is 0 Å². The molecule has 34 heavy (non-hydrogen) atoms. The fourth-order valence-corrected chi connectivity index (χ4v) is 2.80. The summed E-state index contributed by atoms with van der Waals surface area (Å²) in [6.45, 7) is 3.00. The van der Waals surface area contributed by atoms with Crippen LogP contribution in [-0.2, 0) is 24.0 Å². The number of aliphatic carboxylic acids is 1. The van der Waals surface area contributed by atoms with Gasteiger partial charge in [-0.25, -0.2) is 4.79 Å². The maximum absolute atomic E-state index is 12.6. The van der Waals surface area contributed by atoms with Gasteiger partial charge in [0, 0.05) is 6.54 Å². The molecule has 0 aromatic carbocycles. The van der Waals surface area contributed by atoms with E-state index in [0.29, 0.717) is 6.42 Å². The van der Waals surface area contributed by atoms with Gasteiger partial charge in [-0.05, 0) is 25.2 Å². The fourth-order valence-electron chi connectivity index (χ4n) is 2.80. The first-order valence-electron chi connectivity index (χ1n) is 10.6. The number of amides is 4. The number of aliphatic imine (C=N–C) groups is 1. The Balaban J connectivity index is 5.25. The summed E-state index contributed by atoms with van der Waals surface area (Å²) in [7, 11) is 0. The predicted octanol–water partition coefficient (Wildman–Crippen LogP) is -4.18. The molecule has 0 heterocycles. The van der Waals surface area contributed by atoms with Crippen molar-refractivity contribution in [2.45, 2.75) is 63.7 Å². The van der Waals surface area contributed by atoms with Crippen molar-refractivity contribution >= 4 is 35.6 Å². The van der Waals surface area contributed by atoms with E-state index in [-0.39, 0.29) is 31.3 Å². The third-order valence-corrected chi connectivity index (χ3v) is 4.48. The van der Waals surface area contributed by atoms with Crippen LogP contribution in [0.1, 0.15) is 39.5 Å². The minimum absolute atomic E-state index is 0.0435. The van der Waals surface area contributed by atoms with E-state index in [9.17, 15) is 34.2 Å². The number of carboxylic acid groups (broad SMARTS) is 1. The average Bonchev–Trinajstić information content (AvgIpc) is 2.71. The van der Waals surface area contributed by atoms with Crippen LogP contribution in [0, 0.1) is 5.92 Å². The van der Waals surface area contributed by atoms with Crippen molar-refractivity contribution in [1.29, 1.82) is 0 Å². The molecule has 15 heteroatoms. The lowest BCUT2D eigenvalue weighted by Crippen LogP contribution is -2.58. The van der Waals surface area contributed by atoms with Crippen molar-refractivity contribution < 1.29 is 34.2 Å². The molecule has 4 amide bonds. The van der Waals surface area contributed by atoms with Crippen molar-refractivity contribution in [3.8, 4) is 0 Å². The lowest BCUT2D eigenvalue weighted by atomic mass is 10.0. The summed E-state index contributed by atoms with van der Waals surface area (Å²) < 4.78 is 0. The predicted molar refractivity (Wildman–Crippen MR) is 122 cm³/mol. The van der Waals surface area contributed by atoms with Crippen LogP contribution in [0.15, 0.2) is 4.99 Å². The Kier molecular flexibility index (Phi) is 13.8. The number of rotatable bonds is 16. The van der Waals surface area contributed by atoms with Gasteiger partial charge in [0.05, 0.1) is 19.1 Å². The molecule has 0 rings (SSSR count). The van der Waals surface area contributed by atoms with Crippen molar-refractivity contribution in [2.24, 2.45) is 33.8 Å². The first kappa shape index (κ1) is 30.5. The molecular weight excluding hydrogens is 452 g/mol. The number of carbonyl (C=O) groups excluding carboxylic acids is 4. The van der Waals surface area contributed by atoms with E-state index >= 15 is 0 Å². The van der Waals surface area contributed by atoms with Crippen molar-refractivity contribution in [3.05, 3.63) is 0 Å². The number of nitrogens with one attached hydrogen (secondary N) is 3. The molecule has 0 aliphatic carbocycles. The number of primary amides is 1. The molecule has 4 unspecified atom stereocenters. The first-order valence-corrected chi connectivity index (χ1v) is 10.6. The lowest BCUT2D eigenvalue weighted by Gasteiger charge is -2.24. The quantitative estimate of drug-likeness (QED) is 0.0573. The number of guanidine groups is 1. The highest BCUT2D eigenvalue weighted by Gasteiger charge is 2.31. The number of carboxylic acids is 1.